The molecule has 0 heterocycles. The standard InChI is InChI=1S/C14H18FN3O/c1-3-18(4-2)14(19)17-12-8-7-11(6-5-9-16)13(15)10-12/h7-8,10H,3-4,9,16H2,1-2H3,(H,17,19). The molecule has 0 aliphatic rings. The number of rotatable bonds is 3. The van der Waals surface area contributed by atoms with Crippen LogP contribution in [0.15, 0.2) is 18.2 Å². The van der Waals surface area contributed by atoms with Crippen molar-refractivity contribution in [3.05, 3.63) is 29.6 Å². The summed E-state index contributed by atoms with van der Waals surface area (Å²) in [7, 11) is 0. The monoisotopic (exact) mass is 263 g/mol. The number of hydrogen-bond acceptors (Lipinski definition) is 2. The fraction of sp³-hybridized carbons (Fsp3) is 0.357. The van der Waals surface area contributed by atoms with Crippen molar-refractivity contribution >= 4 is 11.7 Å². The summed E-state index contributed by atoms with van der Waals surface area (Å²) in [6.45, 7) is 5.15. The van der Waals surface area contributed by atoms with Gasteiger partial charge in [0.25, 0.3) is 0 Å². The molecule has 0 spiro atoms. The number of nitrogens with zero attached hydrogens (tertiary/aromatic N) is 1. The first-order valence-electron chi connectivity index (χ1n) is 6.16. The van der Waals surface area contributed by atoms with Crippen molar-refractivity contribution in [2.45, 2.75) is 13.8 Å². The molecule has 0 unspecified atom stereocenters. The molecule has 0 atom stereocenters. The van der Waals surface area contributed by atoms with Crippen molar-refractivity contribution in [3.63, 3.8) is 0 Å². The fourth-order valence-electron chi connectivity index (χ4n) is 1.55. The third-order valence-electron chi connectivity index (χ3n) is 2.60. The van der Waals surface area contributed by atoms with Crippen LogP contribution in [0.5, 0.6) is 0 Å². The highest BCUT2D eigenvalue weighted by Gasteiger charge is 2.10. The molecule has 0 aromatic heterocycles. The van der Waals surface area contributed by atoms with Crippen LogP contribution in [0.4, 0.5) is 14.9 Å². The molecular formula is C14H18FN3O. The number of halogens is 1. The topological polar surface area (TPSA) is 58.4 Å². The molecule has 4 nitrogen and oxygen atoms in total. The van der Waals surface area contributed by atoms with Gasteiger partial charge in [0, 0.05) is 18.8 Å². The molecule has 2 amide bonds. The van der Waals surface area contributed by atoms with E-state index >= 15 is 0 Å². The van der Waals surface area contributed by atoms with E-state index < -0.39 is 5.82 Å². The lowest BCUT2D eigenvalue weighted by molar-refractivity contribution is 0.217. The maximum atomic E-state index is 13.7. The van der Waals surface area contributed by atoms with Crippen LogP contribution in [-0.2, 0) is 0 Å². The maximum Gasteiger partial charge on any atom is 0.321 e. The van der Waals surface area contributed by atoms with E-state index in [9.17, 15) is 9.18 Å². The average molecular weight is 263 g/mol. The van der Waals surface area contributed by atoms with E-state index in [4.69, 9.17) is 5.73 Å². The van der Waals surface area contributed by atoms with E-state index in [-0.39, 0.29) is 18.1 Å². The van der Waals surface area contributed by atoms with Crippen molar-refractivity contribution in [3.8, 4) is 11.8 Å². The molecule has 0 aliphatic carbocycles. The van der Waals surface area contributed by atoms with Crippen LogP contribution in [0.1, 0.15) is 19.4 Å². The Balaban J connectivity index is 2.81. The molecule has 0 bridgehead atoms. The number of hydrogen-bond donors (Lipinski definition) is 2. The molecule has 0 fully saturated rings. The van der Waals surface area contributed by atoms with Crippen molar-refractivity contribution in [2.75, 3.05) is 25.0 Å². The maximum absolute atomic E-state index is 13.7. The summed E-state index contributed by atoms with van der Waals surface area (Å²) >= 11 is 0. The Labute approximate surface area is 112 Å². The summed E-state index contributed by atoms with van der Waals surface area (Å²) in [5.74, 6) is 4.74. The summed E-state index contributed by atoms with van der Waals surface area (Å²) in [5.41, 5.74) is 5.91. The molecule has 1 aromatic carbocycles. The third kappa shape index (κ3) is 4.27. The van der Waals surface area contributed by atoms with E-state index in [1.165, 1.54) is 12.1 Å². The van der Waals surface area contributed by atoms with Gasteiger partial charge in [-0.05, 0) is 32.0 Å². The first-order chi connectivity index (χ1) is 9.12. The Bertz CT molecular complexity index is 501. The van der Waals surface area contributed by atoms with Gasteiger partial charge in [0.15, 0.2) is 0 Å². The first-order valence-corrected chi connectivity index (χ1v) is 6.16. The van der Waals surface area contributed by atoms with Crippen LogP contribution in [0, 0.1) is 17.7 Å². The van der Waals surface area contributed by atoms with Crippen molar-refractivity contribution in [2.24, 2.45) is 5.73 Å². The third-order valence-corrected chi connectivity index (χ3v) is 2.60. The lowest BCUT2D eigenvalue weighted by Gasteiger charge is -2.19. The second-order valence-electron chi connectivity index (χ2n) is 3.80. The van der Waals surface area contributed by atoms with Crippen LogP contribution in [0.2, 0.25) is 0 Å². The highest BCUT2D eigenvalue weighted by atomic mass is 19.1. The molecule has 0 radical (unpaired) electrons. The van der Waals surface area contributed by atoms with E-state index in [2.05, 4.69) is 17.2 Å². The van der Waals surface area contributed by atoms with Gasteiger partial charge in [-0.25, -0.2) is 9.18 Å². The molecular weight excluding hydrogens is 245 g/mol. The highest BCUT2D eigenvalue weighted by molar-refractivity contribution is 5.89. The summed E-state index contributed by atoms with van der Waals surface area (Å²) in [6, 6.07) is 4.15. The number of carbonyl (C=O) groups excluding carboxylic acids is 1. The van der Waals surface area contributed by atoms with E-state index in [1.54, 1.807) is 11.0 Å². The molecule has 19 heavy (non-hydrogen) atoms. The summed E-state index contributed by atoms with van der Waals surface area (Å²) in [6.07, 6.45) is 0. The van der Waals surface area contributed by atoms with Crippen molar-refractivity contribution in [1.82, 2.24) is 4.90 Å². The van der Waals surface area contributed by atoms with Gasteiger partial charge < -0.3 is 16.0 Å². The molecule has 0 aliphatic heterocycles. The molecule has 1 aromatic rings. The minimum atomic E-state index is -0.474. The number of benzene rings is 1. The molecule has 102 valence electrons. The van der Waals surface area contributed by atoms with Crippen LogP contribution in [0.25, 0.3) is 0 Å². The zero-order valence-electron chi connectivity index (χ0n) is 11.2. The predicted molar refractivity (Wildman–Crippen MR) is 74.3 cm³/mol. The molecule has 1 rings (SSSR count). The Morgan fingerprint density at radius 1 is 1.42 bits per heavy atom. The minimum Gasteiger partial charge on any atom is -0.325 e. The van der Waals surface area contributed by atoms with Gasteiger partial charge in [-0.2, -0.15) is 0 Å². The zero-order valence-corrected chi connectivity index (χ0v) is 11.2. The number of anilines is 1. The van der Waals surface area contributed by atoms with Gasteiger partial charge in [-0.15, -0.1) is 0 Å². The van der Waals surface area contributed by atoms with Gasteiger partial charge in [-0.1, -0.05) is 11.8 Å². The van der Waals surface area contributed by atoms with E-state index in [0.29, 0.717) is 18.8 Å². The Morgan fingerprint density at radius 2 is 2.11 bits per heavy atom. The molecule has 0 saturated carbocycles. The molecule has 5 heteroatoms. The van der Waals surface area contributed by atoms with E-state index in [0.717, 1.165) is 0 Å². The Kier molecular flexibility index (Phi) is 5.83. The van der Waals surface area contributed by atoms with Crippen molar-refractivity contribution in [1.29, 1.82) is 0 Å². The molecule has 3 N–H and O–H groups in total. The number of urea groups is 1. The van der Waals surface area contributed by atoms with Crippen LogP contribution in [0.3, 0.4) is 0 Å². The second kappa shape index (κ2) is 7.39. The average Bonchev–Trinajstić information content (AvgIpc) is 2.39. The largest absolute Gasteiger partial charge is 0.325 e. The number of amides is 2. The van der Waals surface area contributed by atoms with Crippen molar-refractivity contribution < 1.29 is 9.18 Å². The number of nitrogens with one attached hydrogen (secondary N) is 1. The minimum absolute atomic E-state index is 0.180. The number of carbonyl (C=O) groups is 1. The summed E-state index contributed by atoms with van der Waals surface area (Å²) in [4.78, 5) is 13.4. The highest BCUT2D eigenvalue weighted by Crippen LogP contribution is 2.14. The normalized spacial score (nSPS) is 9.47. The summed E-state index contributed by atoms with van der Waals surface area (Å²) < 4.78 is 13.7. The quantitative estimate of drug-likeness (QED) is 0.820. The fourth-order valence-corrected chi connectivity index (χ4v) is 1.55. The smallest absolute Gasteiger partial charge is 0.321 e. The van der Waals surface area contributed by atoms with Gasteiger partial charge in [0.2, 0.25) is 0 Å². The summed E-state index contributed by atoms with van der Waals surface area (Å²) in [5, 5.41) is 2.64. The first kappa shape index (κ1) is 15.0. The Morgan fingerprint density at radius 3 is 2.63 bits per heavy atom. The lowest BCUT2D eigenvalue weighted by Crippen LogP contribution is -2.34. The van der Waals surface area contributed by atoms with E-state index in [1.807, 2.05) is 13.8 Å². The van der Waals surface area contributed by atoms with Gasteiger partial charge >= 0.3 is 6.03 Å². The number of nitrogens with two attached hydrogens (primary N) is 1. The van der Waals surface area contributed by atoms with Crippen LogP contribution < -0.4 is 11.1 Å². The second-order valence-corrected chi connectivity index (χ2v) is 3.80. The van der Waals surface area contributed by atoms with Gasteiger partial charge in [0.05, 0.1) is 12.1 Å². The van der Waals surface area contributed by atoms with Crippen LogP contribution in [-0.4, -0.2) is 30.6 Å². The molecule has 0 saturated heterocycles. The predicted octanol–water partition coefficient (Wildman–Crippen LogP) is 2.01. The Hall–Kier alpha value is -2.06. The zero-order chi connectivity index (χ0) is 14.3. The lowest BCUT2D eigenvalue weighted by atomic mass is 10.2. The SMILES string of the molecule is CCN(CC)C(=O)Nc1ccc(C#CCN)c(F)c1. The van der Waals surface area contributed by atoms with Gasteiger partial charge in [0.1, 0.15) is 5.82 Å². The van der Waals surface area contributed by atoms with Gasteiger partial charge in [-0.3, -0.25) is 0 Å². The van der Waals surface area contributed by atoms with Crippen LogP contribution >= 0.6 is 0 Å².